The molecule has 1 aromatic rings. The van der Waals surface area contributed by atoms with Crippen molar-refractivity contribution in [1.82, 2.24) is 5.32 Å². The molecule has 1 rings (SSSR count). The number of carbonyl (C=O) groups excluding carboxylic acids is 1. The molecule has 1 N–H and O–H groups in total. The van der Waals surface area contributed by atoms with Crippen LogP contribution in [0.3, 0.4) is 0 Å². The number of carbonyl (C=O) groups is 1. The van der Waals surface area contributed by atoms with Crippen LogP contribution in [0.25, 0.3) is 0 Å². The molecule has 0 heterocycles. The van der Waals surface area contributed by atoms with Crippen molar-refractivity contribution >= 4 is 33.6 Å². The van der Waals surface area contributed by atoms with E-state index in [1.807, 2.05) is 0 Å². The van der Waals surface area contributed by atoms with Crippen molar-refractivity contribution in [2.24, 2.45) is 5.92 Å². The Morgan fingerprint density at radius 3 is 2.61 bits per heavy atom. The van der Waals surface area contributed by atoms with Gasteiger partial charge in [-0.05, 0) is 43.0 Å². The minimum absolute atomic E-state index is 0.105. The molecule has 2 nitrogen and oxygen atoms in total. The number of hydrogen-bond donors (Lipinski definition) is 1. The predicted molar refractivity (Wildman–Crippen MR) is 82.2 cm³/mol. The maximum Gasteiger partial charge on any atom is 0.230 e. The molecule has 4 heteroatoms. The zero-order valence-electron chi connectivity index (χ0n) is 11.3. The average molecular weight is 330 g/mol. The van der Waals surface area contributed by atoms with Gasteiger partial charge in [0.05, 0.1) is 5.75 Å². The molecule has 0 aliphatic rings. The van der Waals surface area contributed by atoms with Crippen molar-refractivity contribution in [3.63, 3.8) is 0 Å². The Hall–Kier alpha value is -0.480. The number of aryl methyl sites for hydroxylation is 2. The number of halogens is 1. The van der Waals surface area contributed by atoms with Gasteiger partial charge in [-0.2, -0.15) is 0 Å². The Morgan fingerprint density at radius 1 is 1.33 bits per heavy atom. The lowest BCUT2D eigenvalue weighted by Gasteiger charge is -2.10. The van der Waals surface area contributed by atoms with Crippen molar-refractivity contribution in [3.8, 4) is 0 Å². The topological polar surface area (TPSA) is 29.1 Å². The number of nitrogens with one attached hydrogen (secondary N) is 1. The molecule has 0 fully saturated rings. The van der Waals surface area contributed by atoms with E-state index in [0.29, 0.717) is 11.7 Å². The lowest BCUT2D eigenvalue weighted by atomic mass is 10.2. The van der Waals surface area contributed by atoms with E-state index < -0.39 is 0 Å². The fourth-order valence-corrected chi connectivity index (χ4v) is 2.82. The highest BCUT2D eigenvalue weighted by Gasteiger charge is 2.07. The van der Waals surface area contributed by atoms with E-state index in [9.17, 15) is 4.79 Å². The van der Waals surface area contributed by atoms with Crippen LogP contribution in [0.1, 0.15) is 25.0 Å². The van der Waals surface area contributed by atoms with Crippen LogP contribution in [-0.4, -0.2) is 18.2 Å². The molecule has 0 spiro atoms. The molecule has 0 aliphatic heterocycles. The normalized spacial score (nSPS) is 10.8. The zero-order valence-corrected chi connectivity index (χ0v) is 13.7. The van der Waals surface area contributed by atoms with Gasteiger partial charge in [-0.1, -0.05) is 29.8 Å². The van der Waals surface area contributed by atoms with Crippen LogP contribution < -0.4 is 5.32 Å². The maximum atomic E-state index is 11.6. The summed E-state index contributed by atoms with van der Waals surface area (Å²) in [5.41, 5.74) is 2.40. The second kappa shape index (κ2) is 7.19. The molecule has 0 radical (unpaired) electrons. The molecule has 0 unspecified atom stereocenters. The molecule has 1 aromatic carbocycles. The third-order valence-corrected chi connectivity index (χ3v) is 4.53. The van der Waals surface area contributed by atoms with E-state index in [2.05, 4.69) is 61.1 Å². The minimum Gasteiger partial charge on any atom is -0.355 e. The van der Waals surface area contributed by atoms with Crippen molar-refractivity contribution < 1.29 is 4.79 Å². The first kappa shape index (κ1) is 15.6. The third kappa shape index (κ3) is 5.02. The highest BCUT2D eigenvalue weighted by molar-refractivity contribution is 9.10. The Kier molecular flexibility index (Phi) is 6.22. The Morgan fingerprint density at radius 2 is 2.00 bits per heavy atom. The highest BCUT2D eigenvalue weighted by atomic mass is 79.9. The first-order valence-corrected chi connectivity index (χ1v) is 7.84. The summed E-state index contributed by atoms with van der Waals surface area (Å²) < 4.78 is 1.12. The molecular formula is C14H20BrNOS. The summed E-state index contributed by atoms with van der Waals surface area (Å²) in [5, 5.41) is 2.93. The molecular weight excluding hydrogens is 310 g/mol. The standard InChI is InChI=1S/C14H20BrNOS/c1-9(2)7-16-14(17)8-18-13-6-10(3)12(15)5-11(13)4/h5-6,9H,7-8H2,1-4H3,(H,16,17). The predicted octanol–water partition coefficient (Wildman–Crippen LogP) is 3.93. The quantitative estimate of drug-likeness (QED) is 0.829. The maximum absolute atomic E-state index is 11.6. The number of thioether (sulfide) groups is 1. The van der Waals surface area contributed by atoms with Crippen LogP contribution in [0.15, 0.2) is 21.5 Å². The molecule has 18 heavy (non-hydrogen) atoms. The number of rotatable bonds is 5. The molecule has 0 bridgehead atoms. The molecule has 1 amide bonds. The number of hydrogen-bond acceptors (Lipinski definition) is 2. The summed E-state index contributed by atoms with van der Waals surface area (Å²) >= 11 is 5.11. The van der Waals surface area contributed by atoms with Gasteiger partial charge in [0.25, 0.3) is 0 Å². The van der Waals surface area contributed by atoms with E-state index in [1.54, 1.807) is 11.8 Å². The van der Waals surface area contributed by atoms with Crippen LogP contribution >= 0.6 is 27.7 Å². The number of benzene rings is 1. The SMILES string of the molecule is Cc1cc(SCC(=O)NCC(C)C)c(C)cc1Br. The molecule has 100 valence electrons. The largest absolute Gasteiger partial charge is 0.355 e. The smallest absolute Gasteiger partial charge is 0.230 e. The van der Waals surface area contributed by atoms with Crippen molar-refractivity contribution in [1.29, 1.82) is 0 Å². The minimum atomic E-state index is 0.105. The van der Waals surface area contributed by atoms with Gasteiger partial charge >= 0.3 is 0 Å². The fourth-order valence-electron chi connectivity index (χ4n) is 1.42. The van der Waals surface area contributed by atoms with Gasteiger partial charge in [-0.25, -0.2) is 0 Å². The van der Waals surface area contributed by atoms with Crippen molar-refractivity contribution in [2.75, 3.05) is 12.3 Å². The Bertz CT molecular complexity index is 432. The van der Waals surface area contributed by atoms with Crippen LogP contribution in [0.4, 0.5) is 0 Å². The van der Waals surface area contributed by atoms with E-state index in [1.165, 1.54) is 16.0 Å². The van der Waals surface area contributed by atoms with Crippen molar-refractivity contribution in [2.45, 2.75) is 32.6 Å². The molecule has 0 atom stereocenters. The number of amides is 1. The van der Waals surface area contributed by atoms with Crippen LogP contribution in [0, 0.1) is 19.8 Å². The average Bonchev–Trinajstić information content (AvgIpc) is 2.29. The summed E-state index contributed by atoms with van der Waals surface area (Å²) in [4.78, 5) is 12.8. The summed E-state index contributed by atoms with van der Waals surface area (Å²) in [6.45, 7) is 9.06. The van der Waals surface area contributed by atoms with Crippen LogP contribution in [0.5, 0.6) is 0 Å². The monoisotopic (exact) mass is 329 g/mol. The van der Waals surface area contributed by atoms with Gasteiger partial charge in [0.2, 0.25) is 5.91 Å². The molecule has 0 aliphatic carbocycles. The van der Waals surface area contributed by atoms with Gasteiger partial charge in [-0.15, -0.1) is 11.8 Å². The van der Waals surface area contributed by atoms with Gasteiger partial charge in [-0.3, -0.25) is 4.79 Å². The highest BCUT2D eigenvalue weighted by Crippen LogP contribution is 2.28. The lowest BCUT2D eigenvalue weighted by Crippen LogP contribution is -2.28. The van der Waals surface area contributed by atoms with E-state index in [4.69, 9.17) is 0 Å². The van der Waals surface area contributed by atoms with Gasteiger partial charge < -0.3 is 5.32 Å². The lowest BCUT2D eigenvalue weighted by molar-refractivity contribution is -0.118. The van der Waals surface area contributed by atoms with Crippen LogP contribution in [-0.2, 0) is 4.79 Å². The van der Waals surface area contributed by atoms with Gasteiger partial charge in [0, 0.05) is 15.9 Å². The van der Waals surface area contributed by atoms with Crippen molar-refractivity contribution in [3.05, 3.63) is 27.7 Å². The van der Waals surface area contributed by atoms with Gasteiger partial charge in [0.15, 0.2) is 0 Å². The van der Waals surface area contributed by atoms with E-state index in [0.717, 1.165) is 11.0 Å². The van der Waals surface area contributed by atoms with Gasteiger partial charge in [0.1, 0.15) is 0 Å². The zero-order chi connectivity index (χ0) is 13.7. The Balaban J connectivity index is 2.53. The third-order valence-electron chi connectivity index (χ3n) is 2.52. The fraction of sp³-hybridized carbons (Fsp3) is 0.500. The second-order valence-electron chi connectivity index (χ2n) is 4.85. The summed E-state index contributed by atoms with van der Waals surface area (Å²) in [6, 6.07) is 4.23. The Labute approximate surface area is 122 Å². The molecule has 0 saturated heterocycles. The summed E-state index contributed by atoms with van der Waals surface area (Å²) in [5.74, 6) is 1.08. The van der Waals surface area contributed by atoms with E-state index in [-0.39, 0.29) is 5.91 Å². The van der Waals surface area contributed by atoms with Crippen LogP contribution in [0.2, 0.25) is 0 Å². The second-order valence-corrected chi connectivity index (χ2v) is 6.73. The van der Waals surface area contributed by atoms with E-state index >= 15 is 0 Å². The molecule has 0 aromatic heterocycles. The first-order valence-electron chi connectivity index (χ1n) is 6.06. The molecule has 0 saturated carbocycles. The first-order chi connectivity index (χ1) is 8.40. The summed E-state index contributed by atoms with van der Waals surface area (Å²) in [7, 11) is 0. The summed E-state index contributed by atoms with van der Waals surface area (Å²) in [6.07, 6.45) is 0.